The van der Waals surface area contributed by atoms with Gasteiger partial charge in [-0.2, -0.15) is 13.2 Å². The first-order valence-corrected chi connectivity index (χ1v) is 6.14. The van der Waals surface area contributed by atoms with Crippen molar-refractivity contribution in [3.63, 3.8) is 0 Å². The molecule has 6 nitrogen and oxygen atoms in total. The number of carboxylic acids is 1. The van der Waals surface area contributed by atoms with Gasteiger partial charge in [0.25, 0.3) is 0 Å². The molecule has 0 aromatic carbocycles. The second-order valence-electron chi connectivity index (χ2n) is 3.52. The van der Waals surface area contributed by atoms with E-state index in [2.05, 4.69) is 10.2 Å². The highest BCUT2D eigenvalue weighted by Gasteiger charge is 2.31. The number of thioether (sulfide) groups is 1. The Hall–Kier alpha value is -1.29. The van der Waals surface area contributed by atoms with E-state index in [0.29, 0.717) is 0 Å². The molecule has 1 rings (SSSR count). The number of hydrogen-bond donors (Lipinski definition) is 1. The molecule has 0 saturated heterocycles. The summed E-state index contributed by atoms with van der Waals surface area (Å²) in [5, 5.41) is 15.7. The smallest absolute Gasteiger partial charge is 0.396 e. The summed E-state index contributed by atoms with van der Waals surface area (Å²) in [5.74, 6) is -1.63. The van der Waals surface area contributed by atoms with Crippen LogP contribution in [-0.2, 0) is 22.5 Å². The normalized spacial score (nSPS) is 11.8. The summed E-state index contributed by atoms with van der Waals surface area (Å²) in [6.07, 6.45) is -5.61. The van der Waals surface area contributed by atoms with E-state index in [0.717, 1.165) is 11.8 Å². The zero-order valence-electron chi connectivity index (χ0n) is 9.98. The summed E-state index contributed by atoms with van der Waals surface area (Å²) >= 11 is 0.819. The van der Waals surface area contributed by atoms with Gasteiger partial charge in [0.05, 0.1) is 12.4 Å². The van der Waals surface area contributed by atoms with Gasteiger partial charge in [-0.1, -0.05) is 11.8 Å². The Bertz CT molecular complexity index is 436. The van der Waals surface area contributed by atoms with Gasteiger partial charge < -0.3 is 14.4 Å². The van der Waals surface area contributed by atoms with Crippen LogP contribution in [0.3, 0.4) is 0 Å². The quantitative estimate of drug-likeness (QED) is 0.763. The van der Waals surface area contributed by atoms with E-state index >= 15 is 0 Å². The average molecular weight is 299 g/mol. The Balaban J connectivity index is 2.87. The first-order valence-electron chi connectivity index (χ1n) is 5.16. The monoisotopic (exact) mass is 299 g/mol. The summed E-state index contributed by atoms with van der Waals surface area (Å²) in [6.45, 7) is 0.320. The fourth-order valence-electron chi connectivity index (χ4n) is 1.27. The van der Waals surface area contributed by atoms with Gasteiger partial charge >= 0.3 is 12.1 Å². The molecular formula is C9H12F3N3O3S. The lowest BCUT2D eigenvalue weighted by molar-refractivity contribution is -0.134. The number of halogens is 3. The molecule has 1 aromatic heterocycles. The van der Waals surface area contributed by atoms with Crippen LogP contribution in [0, 0.1) is 0 Å². The van der Waals surface area contributed by atoms with E-state index in [-0.39, 0.29) is 29.9 Å². The topological polar surface area (TPSA) is 77.2 Å². The van der Waals surface area contributed by atoms with Crippen LogP contribution in [0.25, 0.3) is 0 Å². The van der Waals surface area contributed by atoms with Gasteiger partial charge in [-0.3, -0.25) is 4.79 Å². The highest BCUT2D eigenvalue weighted by atomic mass is 32.2. The number of aliphatic carboxylic acids is 1. The van der Waals surface area contributed by atoms with E-state index in [1.165, 1.54) is 11.7 Å². The molecule has 0 bridgehead atoms. The maximum absolute atomic E-state index is 12.4. The molecule has 19 heavy (non-hydrogen) atoms. The van der Waals surface area contributed by atoms with Gasteiger partial charge in [-0.15, -0.1) is 10.2 Å². The Kier molecular flexibility index (Phi) is 5.60. The number of alkyl halides is 3. The first kappa shape index (κ1) is 15.8. The third-order valence-corrected chi connectivity index (χ3v) is 2.95. The van der Waals surface area contributed by atoms with Crippen molar-refractivity contribution >= 4 is 17.7 Å². The molecule has 0 aliphatic rings. The summed E-state index contributed by atoms with van der Waals surface area (Å²) in [6, 6.07) is 0. The minimum absolute atomic E-state index is 0.136. The largest absolute Gasteiger partial charge is 0.481 e. The average Bonchev–Trinajstić information content (AvgIpc) is 2.63. The molecule has 108 valence electrons. The van der Waals surface area contributed by atoms with E-state index in [1.807, 2.05) is 0 Å². The summed E-state index contributed by atoms with van der Waals surface area (Å²) in [7, 11) is 1.41. The molecule has 1 aromatic rings. The Labute approximate surface area is 111 Å². The number of carbonyl (C=O) groups is 1. The summed E-state index contributed by atoms with van der Waals surface area (Å²) in [5.41, 5.74) is 0. The van der Waals surface area contributed by atoms with Gasteiger partial charge in [-0.25, -0.2) is 0 Å². The van der Waals surface area contributed by atoms with E-state index < -0.39 is 18.6 Å². The lowest BCUT2D eigenvalue weighted by atomic mass is 10.4. The van der Waals surface area contributed by atoms with Crippen LogP contribution in [0.5, 0.6) is 0 Å². The number of carboxylic acid groups (broad SMARTS) is 1. The van der Waals surface area contributed by atoms with Crippen LogP contribution < -0.4 is 0 Å². The molecule has 0 saturated carbocycles. The highest BCUT2D eigenvalue weighted by molar-refractivity contribution is 7.99. The minimum Gasteiger partial charge on any atom is -0.481 e. The summed E-state index contributed by atoms with van der Waals surface area (Å²) < 4.78 is 43.1. The predicted octanol–water partition coefficient (Wildman–Crippen LogP) is 1.21. The summed E-state index contributed by atoms with van der Waals surface area (Å²) in [4.78, 5) is 10.5. The lowest BCUT2D eigenvalue weighted by Gasteiger charge is -2.10. The number of rotatable bonds is 7. The fraction of sp³-hybridized carbons (Fsp3) is 0.667. The fourth-order valence-corrected chi connectivity index (χ4v) is 1.97. The van der Waals surface area contributed by atoms with Crippen LogP contribution in [0.1, 0.15) is 5.82 Å². The molecule has 0 unspecified atom stereocenters. The number of aromatic nitrogens is 3. The molecule has 0 fully saturated rings. The standard InChI is InChI=1S/C9H12F3N3O3S/c1-18-3-2-15-6(4-9(10,11)12)13-14-8(15)19-5-7(16)17/h2-5H2,1H3,(H,16,17). The Morgan fingerprint density at radius 1 is 1.47 bits per heavy atom. The van der Waals surface area contributed by atoms with Crippen LogP contribution in [0.4, 0.5) is 13.2 Å². The minimum atomic E-state index is -4.40. The Morgan fingerprint density at radius 3 is 2.68 bits per heavy atom. The van der Waals surface area contributed by atoms with Crippen LogP contribution in [0.15, 0.2) is 5.16 Å². The van der Waals surface area contributed by atoms with Crippen LogP contribution >= 0.6 is 11.8 Å². The van der Waals surface area contributed by atoms with Gasteiger partial charge in [0, 0.05) is 13.7 Å². The van der Waals surface area contributed by atoms with Crippen molar-refractivity contribution in [3.05, 3.63) is 5.82 Å². The van der Waals surface area contributed by atoms with Crippen LogP contribution in [0.2, 0.25) is 0 Å². The van der Waals surface area contributed by atoms with Crippen molar-refractivity contribution in [1.29, 1.82) is 0 Å². The molecule has 0 aliphatic carbocycles. The molecule has 0 atom stereocenters. The van der Waals surface area contributed by atoms with Crippen molar-refractivity contribution < 1.29 is 27.8 Å². The molecule has 1 N–H and O–H groups in total. The van der Waals surface area contributed by atoms with Crippen molar-refractivity contribution in [2.24, 2.45) is 0 Å². The highest BCUT2D eigenvalue weighted by Crippen LogP contribution is 2.23. The Morgan fingerprint density at radius 2 is 2.16 bits per heavy atom. The zero-order chi connectivity index (χ0) is 14.5. The number of nitrogens with zero attached hydrogens (tertiary/aromatic N) is 3. The van der Waals surface area contributed by atoms with Crippen molar-refractivity contribution in [1.82, 2.24) is 14.8 Å². The number of ether oxygens (including phenoxy) is 1. The predicted molar refractivity (Wildman–Crippen MR) is 60.0 cm³/mol. The molecule has 0 amide bonds. The number of methoxy groups -OCH3 is 1. The third-order valence-electron chi connectivity index (χ3n) is 2.00. The van der Waals surface area contributed by atoms with E-state index in [9.17, 15) is 18.0 Å². The van der Waals surface area contributed by atoms with Crippen LogP contribution in [-0.4, -0.2) is 51.5 Å². The molecule has 10 heteroatoms. The van der Waals surface area contributed by atoms with E-state index in [1.54, 1.807) is 0 Å². The molecule has 0 aliphatic heterocycles. The number of hydrogen-bond acceptors (Lipinski definition) is 5. The van der Waals surface area contributed by atoms with E-state index in [4.69, 9.17) is 9.84 Å². The SMILES string of the molecule is COCCn1c(CC(F)(F)F)nnc1SCC(=O)O. The third kappa shape index (κ3) is 5.47. The van der Waals surface area contributed by atoms with Crippen molar-refractivity contribution in [2.45, 2.75) is 24.3 Å². The molecular weight excluding hydrogens is 287 g/mol. The maximum atomic E-state index is 12.4. The van der Waals surface area contributed by atoms with Gasteiger partial charge in [0.1, 0.15) is 12.2 Å². The molecule has 0 spiro atoms. The first-order chi connectivity index (χ1) is 8.83. The van der Waals surface area contributed by atoms with Crippen molar-refractivity contribution in [3.8, 4) is 0 Å². The lowest BCUT2D eigenvalue weighted by Crippen LogP contribution is -2.18. The zero-order valence-corrected chi connectivity index (χ0v) is 10.8. The van der Waals surface area contributed by atoms with Crippen molar-refractivity contribution in [2.75, 3.05) is 19.5 Å². The van der Waals surface area contributed by atoms with Gasteiger partial charge in [0.15, 0.2) is 5.16 Å². The van der Waals surface area contributed by atoms with Gasteiger partial charge in [0.2, 0.25) is 0 Å². The molecule has 0 radical (unpaired) electrons. The second kappa shape index (κ2) is 6.75. The molecule has 1 heterocycles. The second-order valence-corrected chi connectivity index (χ2v) is 4.46. The van der Waals surface area contributed by atoms with Gasteiger partial charge in [-0.05, 0) is 0 Å². The maximum Gasteiger partial charge on any atom is 0.396 e.